The molecule has 1 N–H and O–H groups in total. The van der Waals surface area contributed by atoms with Crippen LogP contribution in [0.4, 0.5) is 0 Å². The Morgan fingerprint density at radius 1 is 1.40 bits per heavy atom. The van der Waals surface area contributed by atoms with Crippen LogP contribution < -0.4 is 0 Å². The molecule has 0 spiro atoms. The summed E-state index contributed by atoms with van der Waals surface area (Å²) in [6, 6.07) is 4.43. The van der Waals surface area contributed by atoms with E-state index in [0.717, 1.165) is 12.0 Å². The number of aryl methyl sites for hydroxylation is 1. The van der Waals surface area contributed by atoms with E-state index in [1.807, 2.05) is 19.9 Å². The normalized spacial score (nSPS) is 22.6. The van der Waals surface area contributed by atoms with Gasteiger partial charge in [0.25, 0.3) is 5.91 Å². The molecule has 2 unspecified atom stereocenters. The van der Waals surface area contributed by atoms with Crippen LogP contribution in [0.15, 0.2) is 18.2 Å². The molecule has 0 aromatic heterocycles. The fraction of sp³-hybridized carbons (Fsp3) is 0.467. The molecule has 1 aliphatic rings. The summed E-state index contributed by atoms with van der Waals surface area (Å²) in [5.74, 6) is -0.934. The second-order valence-corrected chi connectivity index (χ2v) is 5.87. The van der Waals surface area contributed by atoms with E-state index < -0.39 is 12.0 Å². The summed E-state index contributed by atoms with van der Waals surface area (Å²) in [5, 5.41) is 9.68. The standard InChI is InChI=1S/C15H18ClNO3/c1-9-3-4-11(12(16)7-9)14(18)17-6-5-10(2)8-13(17)15(19)20/h3-4,7,10,13H,5-6,8H2,1-2H3,(H,19,20). The van der Waals surface area contributed by atoms with E-state index in [1.165, 1.54) is 4.90 Å². The number of hydrogen-bond acceptors (Lipinski definition) is 2. The van der Waals surface area contributed by atoms with Crippen molar-refractivity contribution in [3.63, 3.8) is 0 Å². The van der Waals surface area contributed by atoms with Gasteiger partial charge in [0.1, 0.15) is 6.04 Å². The number of carbonyl (C=O) groups is 2. The van der Waals surface area contributed by atoms with Gasteiger partial charge < -0.3 is 10.0 Å². The van der Waals surface area contributed by atoms with Crippen molar-refractivity contribution < 1.29 is 14.7 Å². The van der Waals surface area contributed by atoms with Crippen molar-refractivity contribution in [2.45, 2.75) is 32.7 Å². The molecule has 2 rings (SSSR count). The quantitative estimate of drug-likeness (QED) is 0.912. The van der Waals surface area contributed by atoms with Crippen LogP contribution in [0.5, 0.6) is 0 Å². The van der Waals surface area contributed by atoms with Crippen LogP contribution in [-0.4, -0.2) is 34.5 Å². The maximum absolute atomic E-state index is 12.5. The summed E-state index contributed by atoms with van der Waals surface area (Å²) >= 11 is 6.10. The van der Waals surface area contributed by atoms with Gasteiger partial charge in [-0.2, -0.15) is 0 Å². The topological polar surface area (TPSA) is 57.6 Å². The molecule has 1 fully saturated rings. The molecule has 1 aliphatic heterocycles. The second kappa shape index (κ2) is 5.83. The zero-order chi connectivity index (χ0) is 14.9. The molecule has 0 saturated carbocycles. The van der Waals surface area contributed by atoms with Gasteiger partial charge in [0, 0.05) is 6.54 Å². The van der Waals surface area contributed by atoms with Gasteiger partial charge in [0.05, 0.1) is 10.6 Å². The maximum atomic E-state index is 12.5. The number of likely N-dealkylation sites (tertiary alicyclic amines) is 1. The van der Waals surface area contributed by atoms with E-state index in [1.54, 1.807) is 12.1 Å². The summed E-state index contributed by atoms with van der Waals surface area (Å²) in [5.41, 5.74) is 1.34. The lowest BCUT2D eigenvalue weighted by Gasteiger charge is -2.36. The number of halogens is 1. The first kappa shape index (κ1) is 14.9. The van der Waals surface area contributed by atoms with E-state index in [2.05, 4.69) is 0 Å². The predicted molar refractivity (Wildman–Crippen MR) is 77.0 cm³/mol. The van der Waals surface area contributed by atoms with Crippen LogP contribution in [0.3, 0.4) is 0 Å². The highest BCUT2D eigenvalue weighted by molar-refractivity contribution is 6.33. The molecular weight excluding hydrogens is 278 g/mol. The molecule has 1 aromatic carbocycles. The molecule has 1 aromatic rings. The second-order valence-electron chi connectivity index (χ2n) is 5.47. The number of carbonyl (C=O) groups excluding carboxylic acids is 1. The first-order chi connectivity index (χ1) is 9.40. The molecule has 108 valence electrons. The molecule has 5 heteroatoms. The minimum Gasteiger partial charge on any atom is -0.480 e. The van der Waals surface area contributed by atoms with E-state index in [-0.39, 0.29) is 5.91 Å². The third-order valence-electron chi connectivity index (χ3n) is 3.77. The molecule has 1 saturated heterocycles. The average Bonchev–Trinajstić information content (AvgIpc) is 2.37. The summed E-state index contributed by atoms with van der Waals surface area (Å²) in [4.78, 5) is 25.3. The largest absolute Gasteiger partial charge is 0.480 e. The number of nitrogens with zero attached hydrogens (tertiary/aromatic N) is 1. The maximum Gasteiger partial charge on any atom is 0.326 e. The number of aliphatic carboxylic acids is 1. The zero-order valence-electron chi connectivity index (χ0n) is 11.6. The Balaban J connectivity index is 2.28. The van der Waals surface area contributed by atoms with Crippen LogP contribution in [0.2, 0.25) is 5.02 Å². The number of carboxylic acids is 1. The van der Waals surface area contributed by atoms with E-state index >= 15 is 0 Å². The molecule has 20 heavy (non-hydrogen) atoms. The Morgan fingerprint density at radius 3 is 2.70 bits per heavy atom. The van der Waals surface area contributed by atoms with Crippen LogP contribution in [-0.2, 0) is 4.79 Å². The Hall–Kier alpha value is -1.55. The van der Waals surface area contributed by atoms with Gasteiger partial charge in [-0.05, 0) is 43.4 Å². The Morgan fingerprint density at radius 2 is 2.10 bits per heavy atom. The minimum atomic E-state index is -0.951. The van der Waals surface area contributed by atoms with Crippen molar-refractivity contribution in [2.24, 2.45) is 5.92 Å². The summed E-state index contributed by atoms with van der Waals surface area (Å²) in [6.45, 7) is 4.36. The first-order valence-corrected chi connectivity index (χ1v) is 7.08. The number of rotatable bonds is 2. The fourth-order valence-electron chi connectivity index (χ4n) is 2.57. The van der Waals surface area contributed by atoms with Crippen LogP contribution >= 0.6 is 11.6 Å². The van der Waals surface area contributed by atoms with Crippen LogP contribution in [0, 0.1) is 12.8 Å². The zero-order valence-corrected chi connectivity index (χ0v) is 12.4. The van der Waals surface area contributed by atoms with E-state index in [4.69, 9.17) is 11.6 Å². The highest BCUT2D eigenvalue weighted by Crippen LogP contribution is 2.27. The predicted octanol–water partition coefficient (Wildman–Crippen LogP) is 2.97. The smallest absolute Gasteiger partial charge is 0.326 e. The Bertz CT molecular complexity index is 544. The van der Waals surface area contributed by atoms with Gasteiger partial charge in [-0.3, -0.25) is 4.79 Å². The highest BCUT2D eigenvalue weighted by atomic mass is 35.5. The number of carboxylic acid groups (broad SMARTS) is 1. The Labute approximate surface area is 123 Å². The molecule has 1 heterocycles. The number of hydrogen-bond donors (Lipinski definition) is 1. The lowest BCUT2D eigenvalue weighted by Crippen LogP contribution is -2.49. The highest BCUT2D eigenvalue weighted by Gasteiger charge is 2.35. The van der Waals surface area contributed by atoms with Crippen molar-refractivity contribution in [3.05, 3.63) is 34.3 Å². The molecule has 0 radical (unpaired) electrons. The van der Waals surface area contributed by atoms with Crippen molar-refractivity contribution in [2.75, 3.05) is 6.54 Å². The van der Waals surface area contributed by atoms with Gasteiger partial charge in [-0.15, -0.1) is 0 Å². The molecular formula is C15H18ClNO3. The monoisotopic (exact) mass is 295 g/mol. The summed E-state index contributed by atoms with van der Waals surface area (Å²) < 4.78 is 0. The fourth-order valence-corrected chi connectivity index (χ4v) is 2.88. The number of amides is 1. The SMILES string of the molecule is Cc1ccc(C(=O)N2CCC(C)CC2C(=O)O)c(Cl)c1. The van der Waals surface area contributed by atoms with Gasteiger partial charge in [-0.1, -0.05) is 24.6 Å². The van der Waals surface area contributed by atoms with Crippen molar-refractivity contribution in [1.29, 1.82) is 0 Å². The first-order valence-electron chi connectivity index (χ1n) is 6.70. The van der Waals surface area contributed by atoms with Gasteiger partial charge >= 0.3 is 5.97 Å². The number of benzene rings is 1. The molecule has 0 bridgehead atoms. The van der Waals surface area contributed by atoms with Crippen molar-refractivity contribution >= 4 is 23.5 Å². The molecule has 0 aliphatic carbocycles. The Kier molecular flexibility index (Phi) is 4.33. The van der Waals surface area contributed by atoms with Crippen LogP contribution in [0.25, 0.3) is 0 Å². The summed E-state index contributed by atoms with van der Waals surface area (Å²) in [7, 11) is 0. The van der Waals surface area contributed by atoms with Crippen molar-refractivity contribution in [3.8, 4) is 0 Å². The van der Waals surface area contributed by atoms with Crippen LogP contribution in [0.1, 0.15) is 35.7 Å². The molecule has 4 nitrogen and oxygen atoms in total. The minimum absolute atomic E-state index is 0.297. The van der Waals surface area contributed by atoms with Gasteiger partial charge in [-0.25, -0.2) is 4.79 Å². The van der Waals surface area contributed by atoms with Gasteiger partial charge in [0.2, 0.25) is 0 Å². The molecule has 1 amide bonds. The van der Waals surface area contributed by atoms with Gasteiger partial charge in [0.15, 0.2) is 0 Å². The van der Waals surface area contributed by atoms with E-state index in [0.29, 0.717) is 29.5 Å². The third-order valence-corrected chi connectivity index (χ3v) is 4.08. The molecule has 2 atom stereocenters. The average molecular weight is 296 g/mol. The van der Waals surface area contributed by atoms with Crippen molar-refractivity contribution in [1.82, 2.24) is 4.90 Å². The lowest BCUT2D eigenvalue weighted by molar-refractivity contribution is -0.144. The lowest BCUT2D eigenvalue weighted by atomic mass is 9.92. The van der Waals surface area contributed by atoms with E-state index in [9.17, 15) is 14.7 Å². The number of piperidine rings is 1. The third kappa shape index (κ3) is 2.96. The summed E-state index contributed by atoms with van der Waals surface area (Å²) in [6.07, 6.45) is 1.31.